The molecule has 0 bridgehead atoms. The topological polar surface area (TPSA) is 9.23 Å². The van der Waals surface area contributed by atoms with Crippen molar-refractivity contribution in [2.45, 2.75) is 39.2 Å². The van der Waals surface area contributed by atoms with Crippen LogP contribution in [0.3, 0.4) is 0 Å². The maximum absolute atomic E-state index is 6.10. The molecule has 2 aromatic carbocycles. The molecular formula is C24H26O. The highest BCUT2D eigenvalue weighted by Crippen LogP contribution is 2.27. The Morgan fingerprint density at radius 3 is 2.64 bits per heavy atom. The quantitative estimate of drug-likeness (QED) is 0.572. The Hall–Kier alpha value is -2.54. The van der Waals surface area contributed by atoms with Crippen LogP contribution in [0.25, 0.3) is 5.57 Å². The van der Waals surface area contributed by atoms with Crippen molar-refractivity contribution < 1.29 is 4.74 Å². The molecule has 0 amide bonds. The number of ether oxygens (including phenoxy) is 1. The summed E-state index contributed by atoms with van der Waals surface area (Å²) in [5, 5.41) is 0. The van der Waals surface area contributed by atoms with Gasteiger partial charge in [-0.2, -0.15) is 0 Å². The van der Waals surface area contributed by atoms with Crippen LogP contribution >= 0.6 is 0 Å². The lowest BCUT2D eigenvalue weighted by atomic mass is 9.92. The van der Waals surface area contributed by atoms with Gasteiger partial charge in [-0.25, -0.2) is 0 Å². The van der Waals surface area contributed by atoms with Gasteiger partial charge in [0, 0.05) is 0 Å². The Balaban J connectivity index is 1.78. The van der Waals surface area contributed by atoms with Gasteiger partial charge in [-0.1, -0.05) is 55.7 Å². The highest BCUT2D eigenvalue weighted by molar-refractivity contribution is 5.77. The second-order valence-corrected chi connectivity index (χ2v) is 6.58. The van der Waals surface area contributed by atoms with Gasteiger partial charge in [0.1, 0.15) is 12.4 Å². The van der Waals surface area contributed by atoms with Gasteiger partial charge in [0.15, 0.2) is 0 Å². The third-order valence-electron chi connectivity index (χ3n) is 4.99. The van der Waals surface area contributed by atoms with Crippen molar-refractivity contribution in [2.75, 3.05) is 0 Å². The number of benzene rings is 2. The number of hydrogen-bond acceptors (Lipinski definition) is 1. The first-order valence-corrected chi connectivity index (χ1v) is 9.01. The molecular weight excluding hydrogens is 304 g/mol. The molecule has 1 aliphatic carbocycles. The summed E-state index contributed by atoms with van der Waals surface area (Å²) in [6, 6.07) is 12.9. The maximum atomic E-state index is 6.10. The molecule has 3 rings (SSSR count). The smallest absolute Gasteiger partial charge is 0.120 e. The summed E-state index contributed by atoms with van der Waals surface area (Å²) >= 11 is 0. The summed E-state index contributed by atoms with van der Waals surface area (Å²) in [4.78, 5) is 0. The van der Waals surface area contributed by atoms with Gasteiger partial charge in [-0.15, -0.1) is 0 Å². The summed E-state index contributed by atoms with van der Waals surface area (Å²) in [6.07, 6.45) is 10.6. The molecule has 0 spiro atoms. The van der Waals surface area contributed by atoms with Crippen LogP contribution in [0.2, 0.25) is 0 Å². The van der Waals surface area contributed by atoms with Gasteiger partial charge in [-0.3, -0.25) is 0 Å². The molecule has 0 unspecified atom stereocenters. The Labute approximate surface area is 151 Å². The second-order valence-electron chi connectivity index (χ2n) is 6.58. The van der Waals surface area contributed by atoms with Crippen molar-refractivity contribution in [2.24, 2.45) is 0 Å². The molecule has 1 heteroatoms. The van der Waals surface area contributed by atoms with Crippen molar-refractivity contribution >= 4 is 5.57 Å². The molecule has 0 heterocycles. The third kappa shape index (κ3) is 3.93. The van der Waals surface area contributed by atoms with E-state index >= 15 is 0 Å². The zero-order chi connectivity index (χ0) is 17.6. The van der Waals surface area contributed by atoms with E-state index in [1.807, 2.05) is 12.2 Å². The van der Waals surface area contributed by atoms with E-state index in [1.54, 1.807) is 6.08 Å². The molecule has 0 aromatic heterocycles. The molecule has 128 valence electrons. The molecule has 2 aromatic rings. The predicted octanol–water partition coefficient (Wildman–Crippen LogP) is 6.21. The zero-order valence-corrected chi connectivity index (χ0v) is 15.1. The van der Waals surface area contributed by atoms with Crippen LogP contribution in [0.5, 0.6) is 5.75 Å². The number of fused-ring (bicyclic) bond motifs is 1. The van der Waals surface area contributed by atoms with Gasteiger partial charge in [0.05, 0.1) is 0 Å². The molecule has 0 radical (unpaired) electrons. The molecule has 1 nitrogen and oxygen atoms in total. The lowest BCUT2D eigenvalue weighted by molar-refractivity contribution is 0.305. The minimum absolute atomic E-state index is 0.580. The van der Waals surface area contributed by atoms with E-state index in [0.717, 1.165) is 11.3 Å². The number of rotatable bonds is 6. The van der Waals surface area contributed by atoms with Crippen molar-refractivity contribution in [3.8, 4) is 5.75 Å². The molecule has 1 aliphatic rings. The largest absolute Gasteiger partial charge is 0.489 e. The van der Waals surface area contributed by atoms with E-state index in [1.165, 1.54) is 53.5 Å². The molecule has 0 fully saturated rings. The Kier molecular flexibility index (Phi) is 5.55. The SMILES string of the molecule is C=C/C=C(\C=C)c1cccc(COc2ccc3c(c2)CCCC3)c1C. The van der Waals surface area contributed by atoms with E-state index in [-0.39, 0.29) is 0 Å². The average molecular weight is 330 g/mol. The average Bonchev–Trinajstić information content (AvgIpc) is 2.65. The summed E-state index contributed by atoms with van der Waals surface area (Å²) in [5.41, 5.74) is 7.64. The normalized spacial score (nSPS) is 13.9. The highest BCUT2D eigenvalue weighted by Gasteiger charge is 2.11. The summed E-state index contributed by atoms with van der Waals surface area (Å²) < 4.78 is 6.10. The minimum atomic E-state index is 0.580. The van der Waals surface area contributed by atoms with E-state index in [4.69, 9.17) is 4.74 Å². The molecule has 0 saturated carbocycles. The monoisotopic (exact) mass is 330 g/mol. The molecule has 0 aliphatic heterocycles. The van der Waals surface area contributed by atoms with Gasteiger partial charge >= 0.3 is 0 Å². The first-order chi connectivity index (χ1) is 12.2. The molecule has 0 saturated heterocycles. The maximum Gasteiger partial charge on any atom is 0.120 e. The fraction of sp³-hybridized carbons (Fsp3) is 0.250. The zero-order valence-electron chi connectivity index (χ0n) is 15.1. The van der Waals surface area contributed by atoms with Crippen LogP contribution in [0.4, 0.5) is 0 Å². The summed E-state index contributed by atoms with van der Waals surface area (Å²) in [5.74, 6) is 0.969. The van der Waals surface area contributed by atoms with Crippen LogP contribution in [0, 0.1) is 6.92 Å². The Bertz CT molecular complexity index is 811. The van der Waals surface area contributed by atoms with E-state index in [9.17, 15) is 0 Å². The third-order valence-corrected chi connectivity index (χ3v) is 4.99. The fourth-order valence-corrected chi connectivity index (χ4v) is 3.51. The van der Waals surface area contributed by atoms with Gasteiger partial charge < -0.3 is 4.74 Å². The number of allylic oxidation sites excluding steroid dienone is 4. The van der Waals surface area contributed by atoms with Crippen LogP contribution < -0.4 is 4.74 Å². The summed E-state index contributed by atoms with van der Waals surface area (Å²) in [7, 11) is 0. The number of hydrogen-bond donors (Lipinski definition) is 0. The fourth-order valence-electron chi connectivity index (χ4n) is 3.51. The lowest BCUT2D eigenvalue weighted by Crippen LogP contribution is -2.04. The Morgan fingerprint density at radius 1 is 1.08 bits per heavy atom. The van der Waals surface area contributed by atoms with Crippen LogP contribution in [0.15, 0.2) is 67.8 Å². The van der Waals surface area contributed by atoms with Gasteiger partial charge in [0.2, 0.25) is 0 Å². The van der Waals surface area contributed by atoms with E-state index < -0.39 is 0 Å². The highest BCUT2D eigenvalue weighted by atomic mass is 16.5. The lowest BCUT2D eigenvalue weighted by Gasteiger charge is -2.17. The summed E-state index contributed by atoms with van der Waals surface area (Å²) in [6.45, 7) is 10.4. The van der Waals surface area contributed by atoms with Crippen LogP contribution in [-0.4, -0.2) is 0 Å². The first-order valence-electron chi connectivity index (χ1n) is 9.01. The van der Waals surface area contributed by atoms with Crippen molar-refractivity contribution in [1.82, 2.24) is 0 Å². The van der Waals surface area contributed by atoms with Crippen molar-refractivity contribution in [1.29, 1.82) is 0 Å². The Morgan fingerprint density at radius 2 is 1.88 bits per heavy atom. The van der Waals surface area contributed by atoms with Crippen LogP contribution in [-0.2, 0) is 19.4 Å². The van der Waals surface area contributed by atoms with Gasteiger partial charge in [-0.05, 0) is 78.1 Å². The first kappa shape index (κ1) is 17.3. The molecule has 0 atom stereocenters. The minimum Gasteiger partial charge on any atom is -0.489 e. The second kappa shape index (κ2) is 8.02. The molecule has 0 N–H and O–H groups in total. The van der Waals surface area contributed by atoms with Crippen molar-refractivity contribution in [3.63, 3.8) is 0 Å². The van der Waals surface area contributed by atoms with E-state index in [0.29, 0.717) is 6.61 Å². The van der Waals surface area contributed by atoms with Crippen LogP contribution in [0.1, 0.15) is 40.7 Å². The molecule has 25 heavy (non-hydrogen) atoms. The van der Waals surface area contributed by atoms with Crippen molar-refractivity contribution in [3.05, 3.63) is 95.6 Å². The van der Waals surface area contributed by atoms with E-state index in [2.05, 4.69) is 56.5 Å². The number of aryl methyl sites for hydroxylation is 2. The van der Waals surface area contributed by atoms with Gasteiger partial charge in [0.25, 0.3) is 0 Å². The predicted molar refractivity (Wildman–Crippen MR) is 107 cm³/mol. The standard InChI is InChI=1S/C24H26O/c1-4-9-19(5-2)24-13-8-12-22(18(24)3)17-25-23-15-14-20-10-6-7-11-21(20)16-23/h4-5,8-9,12-16H,1-2,6-7,10-11,17H2,3H3/b19-9+.